The predicted octanol–water partition coefficient (Wildman–Crippen LogP) is 2.61. The van der Waals surface area contributed by atoms with Crippen LogP contribution in [0.1, 0.15) is 34.4 Å². The van der Waals surface area contributed by atoms with Gasteiger partial charge in [0.2, 0.25) is 0 Å². The Morgan fingerprint density at radius 2 is 1.90 bits per heavy atom. The van der Waals surface area contributed by atoms with E-state index in [1.165, 1.54) is 18.3 Å². The molecule has 1 aromatic carbocycles. The second kappa shape index (κ2) is 5.73. The molecule has 0 fully saturated rings. The number of benzene rings is 1. The van der Waals surface area contributed by atoms with E-state index in [1.807, 2.05) is 0 Å². The highest BCUT2D eigenvalue weighted by atomic mass is 19.1. The molecule has 0 amide bonds. The number of carboxylic acids is 1. The van der Waals surface area contributed by atoms with Gasteiger partial charge in [-0.1, -0.05) is 6.92 Å². The minimum absolute atomic E-state index is 0.0432. The lowest BCUT2D eigenvalue weighted by atomic mass is 10.1. The monoisotopic (exact) mass is 278 g/mol. The van der Waals surface area contributed by atoms with Crippen molar-refractivity contribution in [1.29, 1.82) is 0 Å². The summed E-state index contributed by atoms with van der Waals surface area (Å²) < 4.78 is 26.2. The zero-order chi connectivity index (χ0) is 14.7. The van der Waals surface area contributed by atoms with Crippen molar-refractivity contribution in [2.24, 2.45) is 0 Å². The third-order valence-corrected chi connectivity index (χ3v) is 2.77. The molecule has 0 atom stereocenters. The molecule has 0 bridgehead atoms. The first-order valence-corrected chi connectivity index (χ1v) is 6.02. The summed E-state index contributed by atoms with van der Waals surface area (Å²) in [5.74, 6) is -2.10. The van der Waals surface area contributed by atoms with Crippen molar-refractivity contribution in [3.05, 3.63) is 58.7 Å². The van der Waals surface area contributed by atoms with E-state index in [0.717, 1.165) is 6.07 Å². The van der Waals surface area contributed by atoms with Gasteiger partial charge in [0.25, 0.3) is 0 Å². The lowest BCUT2D eigenvalue weighted by molar-refractivity contribution is 0.0694. The molecule has 0 aliphatic carbocycles. The molecule has 0 saturated carbocycles. The molecule has 0 spiro atoms. The summed E-state index contributed by atoms with van der Waals surface area (Å²) >= 11 is 0. The van der Waals surface area contributed by atoms with Crippen LogP contribution in [0.2, 0.25) is 0 Å². The van der Waals surface area contributed by atoms with Gasteiger partial charge in [-0.05, 0) is 24.1 Å². The van der Waals surface area contributed by atoms with Crippen LogP contribution in [-0.4, -0.2) is 21.0 Å². The molecular weight excluding hydrogens is 266 g/mol. The standard InChI is InChI=1S/C14H12F2N2O2/c1-2-12-11(14(19)20)7-17-13(18-12)5-8-3-9(15)6-10(16)4-8/h3-4,6-7H,2,5H2,1H3,(H,19,20). The number of carboxylic acid groups (broad SMARTS) is 1. The molecule has 4 nitrogen and oxygen atoms in total. The molecule has 0 saturated heterocycles. The van der Waals surface area contributed by atoms with Crippen LogP contribution in [0.5, 0.6) is 0 Å². The minimum atomic E-state index is -1.09. The van der Waals surface area contributed by atoms with Crippen molar-refractivity contribution in [2.75, 3.05) is 0 Å². The summed E-state index contributed by atoms with van der Waals surface area (Å²) in [6.07, 6.45) is 1.80. The number of aromatic carboxylic acids is 1. The molecule has 2 aromatic rings. The maximum Gasteiger partial charge on any atom is 0.339 e. The van der Waals surface area contributed by atoms with Gasteiger partial charge in [0.1, 0.15) is 17.5 Å². The fourth-order valence-corrected chi connectivity index (χ4v) is 1.89. The van der Waals surface area contributed by atoms with E-state index in [1.54, 1.807) is 6.92 Å². The molecule has 20 heavy (non-hydrogen) atoms. The minimum Gasteiger partial charge on any atom is -0.478 e. The number of hydrogen-bond donors (Lipinski definition) is 1. The zero-order valence-corrected chi connectivity index (χ0v) is 10.7. The van der Waals surface area contributed by atoms with Crippen molar-refractivity contribution in [3.8, 4) is 0 Å². The first-order chi connectivity index (χ1) is 9.49. The van der Waals surface area contributed by atoms with Crippen molar-refractivity contribution < 1.29 is 18.7 Å². The molecule has 0 radical (unpaired) electrons. The topological polar surface area (TPSA) is 63.1 Å². The second-order valence-corrected chi connectivity index (χ2v) is 4.26. The van der Waals surface area contributed by atoms with Crippen LogP contribution in [0.25, 0.3) is 0 Å². The predicted molar refractivity (Wildman–Crippen MR) is 67.5 cm³/mol. The van der Waals surface area contributed by atoms with Crippen LogP contribution in [0.15, 0.2) is 24.4 Å². The fraction of sp³-hybridized carbons (Fsp3) is 0.214. The van der Waals surface area contributed by atoms with Crippen molar-refractivity contribution in [1.82, 2.24) is 9.97 Å². The lowest BCUT2D eigenvalue weighted by Crippen LogP contribution is -2.09. The SMILES string of the molecule is CCc1nc(Cc2cc(F)cc(F)c2)ncc1C(=O)O. The van der Waals surface area contributed by atoms with Gasteiger partial charge < -0.3 is 5.11 Å². The number of halogens is 2. The Balaban J connectivity index is 2.32. The summed E-state index contributed by atoms with van der Waals surface area (Å²) in [5, 5.41) is 8.97. The smallest absolute Gasteiger partial charge is 0.339 e. The van der Waals surface area contributed by atoms with Gasteiger partial charge in [-0.3, -0.25) is 0 Å². The molecule has 0 aliphatic heterocycles. The highest BCUT2D eigenvalue weighted by molar-refractivity contribution is 5.88. The number of aromatic nitrogens is 2. The highest BCUT2D eigenvalue weighted by Gasteiger charge is 2.12. The van der Waals surface area contributed by atoms with E-state index in [0.29, 0.717) is 23.5 Å². The van der Waals surface area contributed by atoms with E-state index < -0.39 is 17.6 Å². The second-order valence-electron chi connectivity index (χ2n) is 4.26. The number of carbonyl (C=O) groups is 1. The third-order valence-electron chi connectivity index (χ3n) is 2.77. The Kier molecular flexibility index (Phi) is 4.02. The van der Waals surface area contributed by atoms with Gasteiger partial charge in [-0.2, -0.15) is 0 Å². The third kappa shape index (κ3) is 3.14. The van der Waals surface area contributed by atoms with Crippen LogP contribution in [0.3, 0.4) is 0 Å². The zero-order valence-electron chi connectivity index (χ0n) is 10.7. The van der Waals surface area contributed by atoms with Crippen LogP contribution in [-0.2, 0) is 12.8 Å². The molecule has 1 heterocycles. The first kappa shape index (κ1) is 14.0. The normalized spacial score (nSPS) is 10.6. The summed E-state index contributed by atoms with van der Waals surface area (Å²) in [6.45, 7) is 1.78. The van der Waals surface area contributed by atoms with Crippen molar-refractivity contribution >= 4 is 5.97 Å². The van der Waals surface area contributed by atoms with Crippen molar-refractivity contribution in [3.63, 3.8) is 0 Å². The molecule has 1 N–H and O–H groups in total. The number of rotatable bonds is 4. The number of aryl methyl sites for hydroxylation is 1. The quantitative estimate of drug-likeness (QED) is 0.933. The van der Waals surface area contributed by atoms with E-state index in [-0.39, 0.29) is 12.0 Å². The summed E-state index contributed by atoms with van der Waals surface area (Å²) in [7, 11) is 0. The van der Waals surface area contributed by atoms with Gasteiger partial charge in [-0.15, -0.1) is 0 Å². The van der Waals surface area contributed by atoms with Crippen LogP contribution in [0, 0.1) is 11.6 Å². The average molecular weight is 278 g/mol. The summed E-state index contributed by atoms with van der Waals surface area (Å²) in [6, 6.07) is 3.18. The van der Waals surface area contributed by atoms with Crippen LogP contribution in [0.4, 0.5) is 8.78 Å². The highest BCUT2D eigenvalue weighted by Crippen LogP contribution is 2.13. The maximum absolute atomic E-state index is 13.1. The fourth-order valence-electron chi connectivity index (χ4n) is 1.89. The average Bonchev–Trinajstić information content (AvgIpc) is 2.37. The van der Waals surface area contributed by atoms with Crippen LogP contribution >= 0.6 is 0 Å². The Hall–Kier alpha value is -2.37. The van der Waals surface area contributed by atoms with Gasteiger partial charge in [0.05, 0.1) is 11.3 Å². The van der Waals surface area contributed by atoms with Gasteiger partial charge in [-0.25, -0.2) is 23.5 Å². The van der Waals surface area contributed by atoms with Gasteiger partial charge in [0, 0.05) is 18.7 Å². The van der Waals surface area contributed by atoms with E-state index in [9.17, 15) is 13.6 Å². The Bertz CT molecular complexity index is 639. The molecular formula is C14H12F2N2O2. The number of hydrogen-bond acceptors (Lipinski definition) is 3. The molecule has 0 aliphatic rings. The Morgan fingerprint density at radius 3 is 2.45 bits per heavy atom. The molecule has 1 aromatic heterocycles. The molecule has 6 heteroatoms. The first-order valence-electron chi connectivity index (χ1n) is 6.02. The lowest BCUT2D eigenvalue weighted by Gasteiger charge is -2.06. The van der Waals surface area contributed by atoms with E-state index in [2.05, 4.69) is 9.97 Å². The van der Waals surface area contributed by atoms with E-state index in [4.69, 9.17) is 5.11 Å². The maximum atomic E-state index is 13.1. The molecule has 2 rings (SSSR count). The Morgan fingerprint density at radius 1 is 1.25 bits per heavy atom. The van der Waals surface area contributed by atoms with Gasteiger partial charge >= 0.3 is 5.97 Å². The van der Waals surface area contributed by atoms with Gasteiger partial charge in [0.15, 0.2) is 0 Å². The molecule has 104 valence electrons. The summed E-state index contributed by atoms with van der Waals surface area (Å²) in [4.78, 5) is 19.0. The summed E-state index contributed by atoms with van der Waals surface area (Å²) in [5.41, 5.74) is 0.841. The number of nitrogens with zero attached hydrogens (tertiary/aromatic N) is 2. The van der Waals surface area contributed by atoms with Crippen molar-refractivity contribution in [2.45, 2.75) is 19.8 Å². The Labute approximate surface area is 114 Å². The van der Waals surface area contributed by atoms with E-state index >= 15 is 0 Å². The largest absolute Gasteiger partial charge is 0.478 e. The molecule has 0 unspecified atom stereocenters. The van der Waals surface area contributed by atoms with Crippen LogP contribution < -0.4 is 0 Å².